The van der Waals surface area contributed by atoms with Crippen LogP contribution >= 0.6 is 0 Å². The number of Topliss-reactive ketones (excluding diaryl/α,β-unsaturated/α-hetero) is 1. The van der Waals surface area contributed by atoms with Crippen molar-refractivity contribution in [3.8, 4) is 0 Å². The highest BCUT2D eigenvalue weighted by Crippen LogP contribution is 2.32. The average Bonchev–Trinajstić information content (AvgIpc) is 2.97. The topological polar surface area (TPSA) is 46.3 Å². The molecule has 1 saturated carbocycles. The summed E-state index contributed by atoms with van der Waals surface area (Å²) >= 11 is 0. The van der Waals surface area contributed by atoms with Gasteiger partial charge < -0.3 is 4.52 Å². The number of aromatic nitrogens is 1. The van der Waals surface area contributed by atoms with Gasteiger partial charge in [-0.15, -0.1) is 0 Å². The molecule has 116 valence electrons. The number of rotatable bonds is 4. The molecule has 0 aromatic carbocycles. The molecule has 1 aliphatic carbocycles. The van der Waals surface area contributed by atoms with Gasteiger partial charge in [-0.2, -0.15) is 0 Å². The zero-order valence-electron chi connectivity index (χ0n) is 13.4. The molecule has 1 aromatic heterocycles. The molecule has 1 atom stereocenters. The highest BCUT2D eigenvalue weighted by molar-refractivity contribution is 5.86. The van der Waals surface area contributed by atoms with Crippen molar-refractivity contribution in [1.29, 1.82) is 0 Å². The lowest BCUT2D eigenvalue weighted by Gasteiger charge is -2.44. The summed E-state index contributed by atoms with van der Waals surface area (Å²) in [6.07, 6.45) is 6.56. The van der Waals surface area contributed by atoms with Crippen LogP contribution in [0.15, 0.2) is 10.6 Å². The Bertz CT molecular complexity index is 509. The van der Waals surface area contributed by atoms with Crippen molar-refractivity contribution in [2.24, 2.45) is 0 Å². The van der Waals surface area contributed by atoms with Gasteiger partial charge >= 0.3 is 0 Å². The molecular formula is C17H26N2O2. The average molecular weight is 290 g/mol. The smallest absolute Gasteiger partial charge is 0.157 e. The molecule has 0 spiro atoms. The summed E-state index contributed by atoms with van der Waals surface area (Å²) in [7, 11) is 0. The Morgan fingerprint density at radius 1 is 1.33 bits per heavy atom. The third-order valence-electron chi connectivity index (χ3n) is 4.90. The molecule has 4 nitrogen and oxygen atoms in total. The number of ketones is 1. The minimum Gasteiger partial charge on any atom is -0.361 e. The summed E-state index contributed by atoms with van der Waals surface area (Å²) < 4.78 is 5.35. The minimum absolute atomic E-state index is 0.0306. The van der Waals surface area contributed by atoms with Crippen LogP contribution in [-0.2, 0) is 16.6 Å². The molecule has 1 saturated heterocycles. The third-order valence-corrected chi connectivity index (χ3v) is 4.90. The lowest BCUT2D eigenvalue weighted by Crippen LogP contribution is -2.56. The Balaban J connectivity index is 1.60. The summed E-state index contributed by atoms with van der Waals surface area (Å²) in [6.45, 7) is 7.39. The Kier molecular flexibility index (Phi) is 3.91. The zero-order valence-corrected chi connectivity index (χ0v) is 13.4. The molecule has 4 heteroatoms. The van der Waals surface area contributed by atoms with E-state index in [0.717, 1.165) is 18.7 Å². The molecule has 0 N–H and O–H groups in total. The summed E-state index contributed by atoms with van der Waals surface area (Å²) in [4.78, 5) is 14.9. The molecule has 1 aliphatic heterocycles. The fourth-order valence-electron chi connectivity index (χ4n) is 3.47. The third kappa shape index (κ3) is 3.05. The number of carbonyl (C=O) groups is 1. The van der Waals surface area contributed by atoms with E-state index >= 15 is 0 Å². The molecule has 0 unspecified atom stereocenters. The first-order valence-electron chi connectivity index (χ1n) is 8.19. The van der Waals surface area contributed by atoms with Crippen LogP contribution in [0.2, 0.25) is 0 Å². The van der Waals surface area contributed by atoms with Gasteiger partial charge in [0.25, 0.3) is 0 Å². The molecule has 2 heterocycles. The number of carbonyl (C=O) groups excluding carboxylic acids is 1. The molecule has 2 aliphatic rings. The van der Waals surface area contributed by atoms with Crippen LogP contribution in [0.5, 0.6) is 0 Å². The van der Waals surface area contributed by atoms with E-state index in [2.05, 4.69) is 30.8 Å². The molecule has 2 fully saturated rings. The molecule has 0 bridgehead atoms. The summed E-state index contributed by atoms with van der Waals surface area (Å²) in [5, 5.41) is 4.10. The van der Waals surface area contributed by atoms with Crippen molar-refractivity contribution in [2.75, 3.05) is 6.54 Å². The maximum atomic E-state index is 12.5. The minimum atomic E-state index is -0.0306. The lowest BCUT2D eigenvalue weighted by molar-refractivity contribution is -0.130. The first-order chi connectivity index (χ1) is 9.95. The van der Waals surface area contributed by atoms with Crippen molar-refractivity contribution in [1.82, 2.24) is 10.1 Å². The molecule has 1 aromatic rings. The van der Waals surface area contributed by atoms with Crippen LogP contribution in [0.1, 0.15) is 64.3 Å². The SMILES string of the molecule is CC(C)(C)c1cc(CC(=O)[C@@H]2CCN2C2CCCC2)on1. The predicted molar refractivity (Wildman–Crippen MR) is 81.3 cm³/mol. The first kappa shape index (κ1) is 14.8. The maximum Gasteiger partial charge on any atom is 0.157 e. The van der Waals surface area contributed by atoms with Crippen molar-refractivity contribution in [3.63, 3.8) is 0 Å². The van der Waals surface area contributed by atoms with E-state index in [1.165, 1.54) is 25.7 Å². The van der Waals surface area contributed by atoms with Crippen LogP contribution in [0.4, 0.5) is 0 Å². The Morgan fingerprint density at radius 2 is 2.05 bits per heavy atom. The lowest BCUT2D eigenvalue weighted by atomic mass is 9.90. The number of nitrogens with zero attached hydrogens (tertiary/aromatic N) is 2. The quantitative estimate of drug-likeness (QED) is 0.855. The number of hydrogen-bond donors (Lipinski definition) is 0. The van der Waals surface area contributed by atoms with Gasteiger partial charge in [-0.25, -0.2) is 0 Å². The van der Waals surface area contributed by atoms with Crippen LogP contribution in [0, 0.1) is 0 Å². The van der Waals surface area contributed by atoms with Crippen molar-refractivity contribution in [3.05, 3.63) is 17.5 Å². The molecule has 0 amide bonds. The van der Waals surface area contributed by atoms with E-state index in [9.17, 15) is 4.79 Å². The molecule has 3 rings (SSSR count). The monoisotopic (exact) mass is 290 g/mol. The largest absolute Gasteiger partial charge is 0.361 e. The van der Waals surface area contributed by atoms with E-state index in [1.807, 2.05) is 6.07 Å². The van der Waals surface area contributed by atoms with Crippen molar-refractivity contribution in [2.45, 2.75) is 76.8 Å². The second-order valence-electron chi connectivity index (χ2n) is 7.55. The number of likely N-dealkylation sites (tertiary alicyclic amines) is 1. The fraction of sp³-hybridized carbons (Fsp3) is 0.765. The van der Waals surface area contributed by atoms with Crippen molar-refractivity contribution >= 4 is 5.78 Å². The fourth-order valence-corrected chi connectivity index (χ4v) is 3.47. The Labute approximate surface area is 126 Å². The Hall–Kier alpha value is -1.16. The summed E-state index contributed by atoms with van der Waals surface area (Å²) in [6, 6.07) is 2.71. The molecule has 21 heavy (non-hydrogen) atoms. The second-order valence-corrected chi connectivity index (χ2v) is 7.55. The summed E-state index contributed by atoms with van der Waals surface area (Å²) in [5.41, 5.74) is 0.892. The van der Waals surface area contributed by atoms with Gasteiger partial charge in [0.2, 0.25) is 0 Å². The van der Waals surface area contributed by atoms with E-state index in [1.54, 1.807) is 0 Å². The van der Waals surface area contributed by atoms with E-state index in [0.29, 0.717) is 24.0 Å². The van der Waals surface area contributed by atoms with Gasteiger partial charge in [0, 0.05) is 24.1 Å². The highest BCUT2D eigenvalue weighted by Gasteiger charge is 2.39. The van der Waals surface area contributed by atoms with Gasteiger partial charge in [0.05, 0.1) is 18.2 Å². The van der Waals surface area contributed by atoms with Crippen LogP contribution < -0.4 is 0 Å². The summed E-state index contributed by atoms with van der Waals surface area (Å²) in [5.74, 6) is 1.01. The molecular weight excluding hydrogens is 264 g/mol. The second kappa shape index (κ2) is 5.56. The van der Waals surface area contributed by atoms with Gasteiger partial charge in [-0.1, -0.05) is 38.8 Å². The van der Waals surface area contributed by atoms with Crippen LogP contribution in [0.3, 0.4) is 0 Å². The number of hydrogen-bond acceptors (Lipinski definition) is 4. The van der Waals surface area contributed by atoms with E-state index in [4.69, 9.17) is 4.52 Å². The van der Waals surface area contributed by atoms with Gasteiger partial charge in [0.1, 0.15) is 5.76 Å². The zero-order chi connectivity index (χ0) is 15.0. The normalized spacial score (nSPS) is 24.2. The first-order valence-corrected chi connectivity index (χ1v) is 8.19. The van der Waals surface area contributed by atoms with E-state index in [-0.39, 0.29) is 11.5 Å². The van der Waals surface area contributed by atoms with Gasteiger partial charge in [-0.05, 0) is 19.3 Å². The molecule has 0 radical (unpaired) electrons. The predicted octanol–water partition coefficient (Wildman–Crippen LogP) is 3.10. The van der Waals surface area contributed by atoms with Crippen molar-refractivity contribution < 1.29 is 9.32 Å². The van der Waals surface area contributed by atoms with Gasteiger partial charge in [-0.3, -0.25) is 9.69 Å². The van der Waals surface area contributed by atoms with Crippen LogP contribution in [0.25, 0.3) is 0 Å². The van der Waals surface area contributed by atoms with E-state index < -0.39 is 0 Å². The highest BCUT2D eigenvalue weighted by atomic mass is 16.5. The maximum absolute atomic E-state index is 12.5. The van der Waals surface area contributed by atoms with Crippen LogP contribution in [-0.4, -0.2) is 34.5 Å². The standard InChI is InChI=1S/C17H26N2O2/c1-17(2,3)16-11-13(21-18-16)10-15(20)14-8-9-19(14)12-6-4-5-7-12/h11-12,14H,4-10H2,1-3H3/t14-/m0/s1. The van der Waals surface area contributed by atoms with Gasteiger partial charge in [0.15, 0.2) is 5.78 Å². The Morgan fingerprint density at radius 3 is 2.57 bits per heavy atom.